The number of hydrogen-bond acceptors (Lipinski definition) is 3. The highest BCUT2D eigenvalue weighted by molar-refractivity contribution is 6.30. The summed E-state index contributed by atoms with van der Waals surface area (Å²) in [4.78, 5) is 35.0. The number of carbonyl (C=O) groups excluding carboxylic acids is 1. The predicted molar refractivity (Wildman–Crippen MR) is 125 cm³/mol. The molecule has 1 atom stereocenters. The molecule has 0 saturated carbocycles. The van der Waals surface area contributed by atoms with Crippen LogP contribution in [0.5, 0.6) is 0 Å². The first-order chi connectivity index (χ1) is 14.9. The summed E-state index contributed by atoms with van der Waals surface area (Å²) in [5.74, 6) is 0.390. The molecule has 0 spiro atoms. The van der Waals surface area contributed by atoms with E-state index in [0.717, 1.165) is 5.56 Å². The Balaban J connectivity index is 1.79. The third-order valence-corrected chi connectivity index (χ3v) is 5.31. The minimum absolute atomic E-state index is 0.247. The van der Waals surface area contributed by atoms with Gasteiger partial charge in [-0.15, -0.1) is 0 Å². The van der Waals surface area contributed by atoms with Gasteiger partial charge in [0.1, 0.15) is 5.82 Å². The Bertz CT molecular complexity index is 1300. The number of hydrogen-bond donors (Lipinski definition) is 2. The molecule has 0 aliphatic carbocycles. The summed E-state index contributed by atoms with van der Waals surface area (Å²) in [6, 6.07) is 20.7. The Morgan fingerprint density at radius 1 is 1.06 bits per heavy atom. The standard InChI is InChI=1S/C24H21ClN4O2/c1-15-14-17(25)12-13-21(15)29(24(31)26-18-8-4-3-5-9-18)16(2)22-27-20-11-7-6-10-19(20)23(30)28-22/h3-14,16H,1-2H3,(H,26,31)(H,27,28,30). The van der Waals surface area contributed by atoms with Crippen molar-refractivity contribution in [3.8, 4) is 0 Å². The Morgan fingerprint density at radius 2 is 1.77 bits per heavy atom. The number of amides is 2. The number of fused-ring (bicyclic) bond motifs is 1. The lowest BCUT2D eigenvalue weighted by Gasteiger charge is -2.30. The van der Waals surface area contributed by atoms with Crippen LogP contribution < -0.4 is 15.8 Å². The molecule has 3 aromatic carbocycles. The molecular formula is C24H21ClN4O2. The number of para-hydroxylation sites is 2. The van der Waals surface area contributed by atoms with E-state index < -0.39 is 6.04 Å². The Labute approximate surface area is 184 Å². The van der Waals surface area contributed by atoms with E-state index in [-0.39, 0.29) is 11.6 Å². The third kappa shape index (κ3) is 4.29. The van der Waals surface area contributed by atoms with Crippen LogP contribution in [0.1, 0.15) is 24.4 Å². The lowest BCUT2D eigenvalue weighted by molar-refractivity contribution is 0.255. The number of aromatic amines is 1. The number of rotatable bonds is 4. The van der Waals surface area contributed by atoms with E-state index in [4.69, 9.17) is 11.6 Å². The summed E-state index contributed by atoms with van der Waals surface area (Å²) in [7, 11) is 0. The zero-order chi connectivity index (χ0) is 22.0. The maximum atomic E-state index is 13.4. The lowest BCUT2D eigenvalue weighted by atomic mass is 10.1. The molecule has 1 aromatic heterocycles. The molecular weight excluding hydrogens is 412 g/mol. The van der Waals surface area contributed by atoms with Gasteiger partial charge in [0.05, 0.1) is 16.9 Å². The van der Waals surface area contributed by atoms with Crippen LogP contribution in [0.2, 0.25) is 5.02 Å². The first-order valence-electron chi connectivity index (χ1n) is 9.84. The minimum Gasteiger partial charge on any atom is -0.308 e. The van der Waals surface area contributed by atoms with Crippen LogP contribution in [0.3, 0.4) is 0 Å². The highest BCUT2D eigenvalue weighted by Crippen LogP contribution is 2.31. The van der Waals surface area contributed by atoms with Gasteiger partial charge in [0.15, 0.2) is 0 Å². The van der Waals surface area contributed by atoms with Crippen molar-refractivity contribution in [2.75, 3.05) is 10.2 Å². The molecule has 2 N–H and O–H groups in total. The second kappa shape index (κ2) is 8.62. The number of benzene rings is 3. The van der Waals surface area contributed by atoms with Gasteiger partial charge in [-0.25, -0.2) is 9.78 Å². The van der Waals surface area contributed by atoms with Crippen molar-refractivity contribution in [2.45, 2.75) is 19.9 Å². The summed E-state index contributed by atoms with van der Waals surface area (Å²) in [6.45, 7) is 3.71. The number of carbonyl (C=O) groups is 1. The van der Waals surface area contributed by atoms with Crippen LogP contribution in [-0.4, -0.2) is 16.0 Å². The molecule has 1 unspecified atom stereocenters. The van der Waals surface area contributed by atoms with Crippen molar-refractivity contribution in [3.63, 3.8) is 0 Å². The van der Waals surface area contributed by atoms with E-state index >= 15 is 0 Å². The van der Waals surface area contributed by atoms with Gasteiger partial charge in [0.2, 0.25) is 0 Å². The number of halogens is 1. The Hall–Kier alpha value is -3.64. The smallest absolute Gasteiger partial charge is 0.308 e. The maximum Gasteiger partial charge on any atom is 0.327 e. The quantitative estimate of drug-likeness (QED) is 0.435. The zero-order valence-electron chi connectivity index (χ0n) is 17.1. The Morgan fingerprint density at radius 3 is 2.52 bits per heavy atom. The van der Waals surface area contributed by atoms with E-state index in [1.54, 1.807) is 41.3 Å². The van der Waals surface area contributed by atoms with E-state index in [9.17, 15) is 9.59 Å². The molecule has 2 amide bonds. The van der Waals surface area contributed by atoms with Gasteiger partial charge >= 0.3 is 6.03 Å². The largest absolute Gasteiger partial charge is 0.327 e. The molecule has 4 rings (SSSR count). The normalized spacial score (nSPS) is 11.8. The van der Waals surface area contributed by atoms with Crippen LogP contribution in [0.4, 0.5) is 16.2 Å². The van der Waals surface area contributed by atoms with Crippen molar-refractivity contribution >= 4 is 39.9 Å². The number of aromatic nitrogens is 2. The lowest BCUT2D eigenvalue weighted by Crippen LogP contribution is -2.39. The van der Waals surface area contributed by atoms with E-state index in [1.165, 1.54) is 0 Å². The predicted octanol–water partition coefficient (Wildman–Crippen LogP) is 5.68. The second-order valence-corrected chi connectivity index (χ2v) is 7.68. The monoisotopic (exact) mass is 432 g/mol. The van der Waals surface area contributed by atoms with Crippen LogP contribution in [0, 0.1) is 6.92 Å². The summed E-state index contributed by atoms with van der Waals surface area (Å²) < 4.78 is 0. The molecule has 156 valence electrons. The van der Waals surface area contributed by atoms with Crippen LogP contribution in [0.25, 0.3) is 10.9 Å². The van der Waals surface area contributed by atoms with Gasteiger partial charge in [0.25, 0.3) is 5.56 Å². The fourth-order valence-electron chi connectivity index (χ4n) is 3.51. The summed E-state index contributed by atoms with van der Waals surface area (Å²) >= 11 is 6.13. The number of anilines is 2. The summed E-state index contributed by atoms with van der Waals surface area (Å²) in [6.07, 6.45) is 0. The molecule has 4 aromatic rings. The molecule has 0 saturated heterocycles. The maximum absolute atomic E-state index is 13.4. The SMILES string of the molecule is Cc1cc(Cl)ccc1N(C(=O)Nc1ccccc1)C(C)c1nc2ccccc2c(=O)[nH]1. The molecule has 6 nitrogen and oxygen atoms in total. The van der Waals surface area contributed by atoms with Gasteiger partial charge in [-0.3, -0.25) is 9.69 Å². The summed E-state index contributed by atoms with van der Waals surface area (Å²) in [5, 5.41) is 4.00. The van der Waals surface area contributed by atoms with Crippen molar-refractivity contribution in [1.29, 1.82) is 0 Å². The molecule has 0 bridgehead atoms. The average Bonchev–Trinajstić information content (AvgIpc) is 2.76. The topological polar surface area (TPSA) is 78.1 Å². The van der Waals surface area contributed by atoms with E-state index in [1.807, 2.05) is 50.2 Å². The van der Waals surface area contributed by atoms with Gasteiger partial charge in [-0.2, -0.15) is 0 Å². The van der Waals surface area contributed by atoms with Gasteiger partial charge in [-0.1, -0.05) is 41.9 Å². The van der Waals surface area contributed by atoms with Crippen LogP contribution >= 0.6 is 11.6 Å². The fraction of sp³-hybridized carbons (Fsp3) is 0.125. The number of aryl methyl sites for hydroxylation is 1. The molecule has 0 aliphatic rings. The minimum atomic E-state index is -0.555. The van der Waals surface area contributed by atoms with E-state index in [2.05, 4.69) is 15.3 Å². The molecule has 31 heavy (non-hydrogen) atoms. The second-order valence-electron chi connectivity index (χ2n) is 7.24. The van der Waals surface area contributed by atoms with Gasteiger partial charge in [0, 0.05) is 16.4 Å². The van der Waals surface area contributed by atoms with Crippen molar-refractivity contribution in [3.05, 3.63) is 99.6 Å². The molecule has 7 heteroatoms. The van der Waals surface area contributed by atoms with Crippen molar-refractivity contribution in [2.24, 2.45) is 0 Å². The van der Waals surface area contributed by atoms with Gasteiger partial charge in [-0.05, 0) is 61.9 Å². The molecule has 0 fully saturated rings. The van der Waals surface area contributed by atoms with Crippen LogP contribution in [-0.2, 0) is 0 Å². The molecule has 1 heterocycles. The van der Waals surface area contributed by atoms with E-state index in [0.29, 0.717) is 33.1 Å². The fourth-order valence-corrected chi connectivity index (χ4v) is 3.74. The first kappa shape index (κ1) is 20.6. The van der Waals surface area contributed by atoms with Crippen molar-refractivity contribution < 1.29 is 4.79 Å². The van der Waals surface area contributed by atoms with Crippen molar-refractivity contribution in [1.82, 2.24) is 9.97 Å². The number of urea groups is 1. The molecule has 0 radical (unpaired) electrons. The highest BCUT2D eigenvalue weighted by Gasteiger charge is 2.27. The number of nitrogens with zero attached hydrogens (tertiary/aromatic N) is 2. The summed E-state index contributed by atoms with van der Waals surface area (Å²) in [5.41, 5.74) is 2.48. The highest BCUT2D eigenvalue weighted by atomic mass is 35.5. The van der Waals surface area contributed by atoms with Gasteiger partial charge < -0.3 is 10.3 Å². The first-order valence-corrected chi connectivity index (χ1v) is 10.2. The molecule has 0 aliphatic heterocycles. The third-order valence-electron chi connectivity index (χ3n) is 5.08. The zero-order valence-corrected chi connectivity index (χ0v) is 17.9. The number of nitrogens with one attached hydrogen (secondary N) is 2. The number of H-pyrrole nitrogens is 1. The Kier molecular flexibility index (Phi) is 5.73. The van der Waals surface area contributed by atoms with Crippen LogP contribution in [0.15, 0.2) is 77.6 Å². The average molecular weight is 433 g/mol.